The van der Waals surface area contributed by atoms with E-state index in [-0.39, 0.29) is 5.12 Å². The van der Waals surface area contributed by atoms with Crippen LogP contribution in [-0.2, 0) is 9.59 Å². The zero-order chi connectivity index (χ0) is 14.7. The Morgan fingerprint density at radius 1 is 1.30 bits per heavy atom. The molecular weight excluding hydrogens is 270 g/mol. The number of carbonyl (C=O) groups excluding carboxylic acids is 2. The van der Waals surface area contributed by atoms with Gasteiger partial charge >= 0.3 is 0 Å². The molecule has 1 heterocycles. The van der Waals surface area contributed by atoms with E-state index in [9.17, 15) is 9.59 Å². The minimum atomic E-state index is 0.161. The summed E-state index contributed by atoms with van der Waals surface area (Å²) in [5.74, 6) is 3.10. The second-order valence-corrected chi connectivity index (χ2v) is 7.93. The van der Waals surface area contributed by atoms with E-state index in [1.165, 1.54) is 37.4 Å². The molecule has 1 aliphatic heterocycles. The van der Waals surface area contributed by atoms with Crippen LogP contribution >= 0.6 is 11.8 Å². The Morgan fingerprint density at radius 2 is 1.95 bits per heavy atom. The predicted molar refractivity (Wildman–Crippen MR) is 83.5 cm³/mol. The molecule has 1 aliphatic carbocycles. The van der Waals surface area contributed by atoms with Gasteiger partial charge in [0.25, 0.3) is 0 Å². The van der Waals surface area contributed by atoms with Gasteiger partial charge in [-0.1, -0.05) is 25.6 Å². The van der Waals surface area contributed by atoms with E-state index in [4.69, 9.17) is 0 Å². The van der Waals surface area contributed by atoms with Crippen LogP contribution in [0.1, 0.15) is 52.9 Å². The van der Waals surface area contributed by atoms with Crippen molar-refractivity contribution in [1.82, 2.24) is 4.90 Å². The Hall–Kier alpha value is -0.510. The average Bonchev–Trinajstić information content (AvgIpc) is 2.78. The highest BCUT2D eigenvalue weighted by atomic mass is 32.2. The summed E-state index contributed by atoms with van der Waals surface area (Å²) in [7, 11) is 0. The summed E-state index contributed by atoms with van der Waals surface area (Å²) in [4.78, 5) is 25.3. The standard InChI is InChI=1S/C16H27NO2S/c1-11(2)14-4-6-15(7-5-14)17-9-13(8-16(17)19)10-20-12(3)18/h11,13-15H,4-10H2,1-3H3. The van der Waals surface area contributed by atoms with Crippen LogP contribution < -0.4 is 0 Å². The van der Waals surface area contributed by atoms with Gasteiger partial charge in [-0.15, -0.1) is 0 Å². The van der Waals surface area contributed by atoms with Gasteiger partial charge in [0.05, 0.1) is 0 Å². The molecule has 1 saturated heterocycles. The average molecular weight is 297 g/mol. The molecule has 0 spiro atoms. The minimum absolute atomic E-state index is 0.161. The Balaban J connectivity index is 1.82. The molecule has 0 N–H and O–H groups in total. The minimum Gasteiger partial charge on any atom is -0.339 e. The van der Waals surface area contributed by atoms with Crippen LogP contribution in [0, 0.1) is 17.8 Å². The highest BCUT2D eigenvalue weighted by Gasteiger charge is 2.36. The van der Waals surface area contributed by atoms with Crippen LogP contribution in [0.2, 0.25) is 0 Å². The largest absolute Gasteiger partial charge is 0.339 e. The van der Waals surface area contributed by atoms with Crippen molar-refractivity contribution in [2.75, 3.05) is 12.3 Å². The summed E-state index contributed by atoms with van der Waals surface area (Å²) in [6.45, 7) is 7.09. The Labute approximate surface area is 126 Å². The Bertz CT molecular complexity index is 361. The fourth-order valence-electron chi connectivity index (χ4n) is 3.59. The summed E-state index contributed by atoms with van der Waals surface area (Å²) < 4.78 is 0. The van der Waals surface area contributed by atoms with Gasteiger partial charge in [0.2, 0.25) is 5.91 Å². The molecule has 2 aliphatic rings. The van der Waals surface area contributed by atoms with Gasteiger partial charge in [-0.25, -0.2) is 0 Å². The molecular formula is C16H27NO2S. The number of rotatable bonds is 4. The summed E-state index contributed by atoms with van der Waals surface area (Å²) in [6, 6.07) is 0.463. The van der Waals surface area contributed by atoms with Crippen molar-refractivity contribution in [1.29, 1.82) is 0 Å². The number of hydrogen-bond acceptors (Lipinski definition) is 3. The van der Waals surface area contributed by atoms with Crippen LogP contribution in [0.25, 0.3) is 0 Å². The van der Waals surface area contributed by atoms with Crippen LogP contribution in [0.4, 0.5) is 0 Å². The number of thioether (sulfide) groups is 1. The van der Waals surface area contributed by atoms with Crippen molar-refractivity contribution in [3.05, 3.63) is 0 Å². The molecule has 4 heteroatoms. The van der Waals surface area contributed by atoms with Crippen LogP contribution in [0.3, 0.4) is 0 Å². The second kappa shape index (κ2) is 6.97. The molecule has 1 saturated carbocycles. The lowest BCUT2D eigenvalue weighted by atomic mass is 9.79. The zero-order valence-corrected chi connectivity index (χ0v) is 13.7. The third kappa shape index (κ3) is 4.00. The first-order chi connectivity index (χ1) is 9.47. The Kier molecular flexibility index (Phi) is 5.53. The maximum Gasteiger partial charge on any atom is 0.223 e. The molecule has 3 nitrogen and oxygen atoms in total. The van der Waals surface area contributed by atoms with Crippen molar-refractivity contribution < 1.29 is 9.59 Å². The number of carbonyl (C=O) groups is 2. The molecule has 20 heavy (non-hydrogen) atoms. The van der Waals surface area contributed by atoms with E-state index in [1.54, 1.807) is 6.92 Å². The number of amides is 1. The van der Waals surface area contributed by atoms with Crippen molar-refractivity contribution in [2.45, 2.75) is 58.9 Å². The molecule has 0 aromatic rings. The third-order valence-corrected chi connectivity index (χ3v) is 5.93. The molecule has 0 bridgehead atoms. The highest BCUT2D eigenvalue weighted by molar-refractivity contribution is 8.13. The molecule has 1 unspecified atom stereocenters. The van der Waals surface area contributed by atoms with Gasteiger partial charge in [0.1, 0.15) is 0 Å². The van der Waals surface area contributed by atoms with Gasteiger partial charge in [0, 0.05) is 31.7 Å². The molecule has 114 valence electrons. The summed E-state index contributed by atoms with van der Waals surface area (Å²) in [5, 5.41) is 0.161. The SMILES string of the molecule is CC(=O)SCC1CC(=O)N(C2CCC(C(C)C)CC2)C1. The van der Waals surface area contributed by atoms with Gasteiger partial charge in [-0.05, 0) is 43.4 Å². The monoisotopic (exact) mass is 297 g/mol. The lowest BCUT2D eigenvalue weighted by Crippen LogP contribution is -2.39. The van der Waals surface area contributed by atoms with Crippen LogP contribution in [0.15, 0.2) is 0 Å². The van der Waals surface area contributed by atoms with Crippen LogP contribution in [-0.4, -0.2) is 34.3 Å². The van der Waals surface area contributed by atoms with Crippen LogP contribution in [0.5, 0.6) is 0 Å². The lowest BCUT2D eigenvalue weighted by Gasteiger charge is -2.36. The van der Waals surface area contributed by atoms with E-state index in [0.29, 0.717) is 24.3 Å². The maximum absolute atomic E-state index is 12.2. The number of nitrogens with zero attached hydrogens (tertiary/aromatic N) is 1. The fraction of sp³-hybridized carbons (Fsp3) is 0.875. The fourth-order valence-corrected chi connectivity index (χ4v) is 4.28. The second-order valence-electron chi connectivity index (χ2n) is 6.73. The third-order valence-electron chi connectivity index (χ3n) is 4.89. The van der Waals surface area contributed by atoms with E-state index < -0.39 is 0 Å². The van der Waals surface area contributed by atoms with Crippen molar-refractivity contribution >= 4 is 22.8 Å². The van der Waals surface area contributed by atoms with E-state index >= 15 is 0 Å². The number of likely N-dealkylation sites (tertiary alicyclic amines) is 1. The van der Waals surface area contributed by atoms with Gasteiger partial charge < -0.3 is 4.90 Å². The lowest BCUT2D eigenvalue weighted by molar-refractivity contribution is -0.130. The maximum atomic E-state index is 12.2. The van der Waals surface area contributed by atoms with E-state index in [1.807, 2.05) is 0 Å². The normalized spacial score (nSPS) is 31.1. The topological polar surface area (TPSA) is 37.4 Å². The summed E-state index contributed by atoms with van der Waals surface area (Å²) in [5.41, 5.74) is 0. The molecule has 0 aromatic carbocycles. The van der Waals surface area contributed by atoms with E-state index in [0.717, 1.165) is 24.1 Å². The first-order valence-electron chi connectivity index (χ1n) is 7.90. The number of hydrogen-bond donors (Lipinski definition) is 0. The van der Waals surface area contributed by atoms with Gasteiger partial charge in [0.15, 0.2) is 5.12 Å². The van der Waals surface area contributed by atoms with Crippen molar-refractivity contribution in [3.63, 3.8) is 0 Å². The molecule has 1 amide bonds. The van der Waals surface area contributed by atoms with Crippen molar-refractivity contribution in [3.8, 4) is 0 Å². The molecule has 0 radical (unpaired) electrons. The van der Waals surface area contributed by atoms with E-state index in [2.05, 4.69) is 18.7 Å². The smallest absolute Gasteiger partial charge is 0.223 e. The molecule has 1 atom stereocenters. The van der Waals surface area contributed by atoms with Crippen molar-refractivity contribution in [2.24, 2.45) is 17.8 Å². The zero-order valence-electron chi connectivity index (χ0n) is 12.9. The van der Waals surface area contributed by atoms with Gasteiger partial charge in [-0.2, -0.15) is 0 Å². The summed E-state index contributed by atoms with van der Waals surface area (Å²) >= 11 is 1.37. The molecule has 0 aromatic heterocycles. The summed E-state index contributed by atoms with van der Waals surface area (Å²) in [6.07, 6.45) is 5.50. The first-order valence-corrected chi connectivity index (χ1v) is 8.88. The highest BCUT2D eigenvalue weighted by Crippen LogP contribution is 2.35. The van der Waals surface area contributed by atoms with Gasteiger partial charge in [-0.3, -0.25) is 9.59 Å². The molecule has 2 fully saturated rings. The first kappa shape index (κ1) is 15.9. The Morgan fingerprint density at radius 3 is 2.50 bits per heavy atom. The molecule has 2 rings (SSSR count). The quantitative estimate of drug-likeness (QED) is 0.799. The predicted octanol–water partition coefficient (Wildman–Crippen LogP) is 3.33.